The predicted molar refractivity (Wildman–Crippen MR) is 60.9 cm³/mol. The van der Waals surface area contributed by atoms with Gasteiger partial charge in [-0.2, -0.15) is 0 Å². The molecule has 1 saturated heterocycles. The molecule has 0 bridgehead atoms. The van der Waals surface area contributed by atoms with Crippen molar-refractivity contribution in [3.05, 3.63) is 0 Å². The zero-order valence-electron chi connectivity index (χ0n) is 9.95. The summed E-state index contributed by atoms with van der Waals surface area (Å²) < 4.78 is 11.2. The van der Waals surface area contributed by atoms with Crippen LogP contribution >= 0.6 is 0 Å². The molecule has 0 aromatic heterocycles. The zero-order valence-corrected chi connectivity index (χ0v) is 9.95. The maximum atomic E-state index is 5.66. The first-order valence-electron chi connectivity index (χ1n) is 5.95. The second-order valence-electron chi connectivity index (χ2n) is 3.97. The lowest BCUT2D eigenvalue weighted by Crippen LogP contribution is -2.47. The van der Waals surface area contributed by atoms with Gasteiger partial charge in [-0.1, -0.05) is 6.92 Å². The lowest BCUT2D eigenvalue weighted by atomic mass is 10.2. The maximum absolute atomic E-state index is 5.66. The molecule has 4 nitrogen and oxygen atoms in total. The van der Waals surface area contributed by atoms with E-state index in [0.29, 0.717) is 12.6 Å². The second-order valence-corrected chi connectivity index (χ2v) is 3.97. The Balaban J connectivity index is 2.29. The fourth-order valence-electron chi connectivity index (χ4n) is 1.91. The Morgan fingerprint density at radius 3 is 2.93 bits per heavy atom. The molecule has 2 N–H and O–H groups in total. The van der Waals surface area contributed by atoms with Crippen molar-refractivity contribution >= 4 is 0 Å². The van der Waals surface area contributed by atoms with Crippen LogP contribution in [0.5, 0.6) is 0 Å². The number of hydrogen-bond donors (Lipinski definition) is 1. The summed E-state index contributed by atoms with van der Waals surface area (Å²) in [5, 5.41) is 0. The quantitative estimate of drug-likeness (QED) is 0.701. The Labute approximate surface area is 92.7 Å². The highest BCUT2D eigenvalue weighted by molar-refractivity contribution is 4.74. The topological polar surface area (TPSA) is 47.7 Å². The molecule has 4 heteroatoms. The number of rotatable bonds is 6. The summed E-state index contributed by atoms with van der Waals surface area (Å²) in [6.07, 6.45) is 1.64. The van der Waals surface area contributed by atoms with Crippen molar-refractivity contribution in [2.45, 2.75) is 32.5 Å². The molecule has 1 heterocycles. The molecule has 2 atom stereocenters. The van der Waals surface area contributed by atoms with E-state index < -0.39 is 0 Å². The molecule has 1 fully saturated rings. The highest BCUT2D eigenvalue weighted by Gasteiger charge is 2.21. The third kappa shape index (κ3) is 4.47. The first-order chi connectivity index (χ1) is 7.30. The van der Waals surface area contributed by atoms with E-state index in [-0.39, 0.29) is 6.10 Å². The van der Waals surface area contributed by atoms with Crippen LogP contribution < -0.4 is 5.73 Å². The van der Waals surface area contributed by atoms with Crippen LogP contribution in [0, 0.1) is 0 Å². The minimum Gasteiger partial charge on any atom is -0.376 e. The number of hydrogen-bond acceptors (Lipinski definition) is 4. The van der Waals surface area contributed by atoms with E-state index in [4.69, 9.17) is 15.2 Å². The Kier molecular flexibility index (Phi) is 6.17. The maximum Gasteiger partial charge on any atom is 0.0823 e. The molecule has 0 radical (unpaired) electrons. The summed E-state index contributed by atoms with van der Waals surface area (Å²) in [5.41, 5.74) is 5.66. The van der Waals surface area contributed by atoms with Crippen molar-refractivity contribution in [3.8, 4) is 0 Å². The first-order valence-corrected chi connectivity index (χ1v) is 5.95. The van der Waals surface area contributed by atoms with Crippen molar-refractivity contribution in [1.29, 1.82) is 0 Å². The normalized spacial score (nSPS) is 25.4. The number of nitrogens with zero attached hydrogens (tertiary/aromatic N) is 1. The van der Waals surface area contributed by atoms with Crippen molar-refractivity contribution < 1.29 is 9.47 Å². The predicted octanol–water partition coefficient (Wildman–Crippen LogP) is 0.461. The van der Waals surface area contributed by atoms with Crippen LogP contribution in [-0.2, 0) is 9.47 Å². The van der Waals surface area contributed by atoms with Gasteiger partial charge in [0.2, 0.25) is 0 Å². The number of ether oxygens (including phenoxy) is 2. The van der Waals surface area contributed by atoms with Gasteiger partial charge in [0.1, 0.15) is 0 Å². The molecular weight excluding hydrogens is 192 g/mol. The van der Waals surface area contributed by atoms with Crippen LogP contribution in [0.4, 0.5) is 0 Å². The molecule has 0 spiro atoms. The Morgan fingerprint density at radius 2 is 2.33 bits per heavy atom. The monoisotopic (exact) mass is 216 g/mol. The van der Waals surface area contributed by atoms with Crippen LogP contribution in [0.15, 0.2) is 0 Å². The average Bonchev–Trinajstić information content (AvgIpc) is 2.29. The standard InChI is InChI=1S/C11H24N2O2/c1-3-10-8-13(5-6-15-10)9-11(7-12)14-4-2/h10-11H,3-9,12H2,1-2H3. The summed E-state index contributed by atoms with van der Waals surface area (Å²) in [6, 6.07) is 0. The summed E-state index contributed by atoms with van der Waals surface area (Å²) >= 11 is 0. The number of morpholine rings is 1. The molecule has 0 aromatic rings. The lowest BCUT2D eigenvalue weighted by Gasteiger charge is -2.34. The van der Waals surface area contributed by atoms with Gasteiger partial charge in [-0.3, -0.25) is 4.90 Å². The molecule has 0 amide bonds. The van der Waals surface area contributed by atoms with Gasteiger partial charge in [-0.25, -0.2) is 0 Å². The highest BCUT2D eigenvalue weighted by Crippen LogP contribution is 2.09. The van der Waals surface area contributed by atoms with Gasteiger partial charge in [-0.15, -0.1) is 0 Å². The van der Waals surface area contributed by atoms with Gasteiger partial charge in [0.25, 0.3) is 0 Å². The summed E-state index contributed by atoms with van der Waals surface area (Å²) in [5.74, 6) is 0. The Bertz CT molecular complexity index is 167. The summed E-state index contributed by atoms with van der Waals surface area (Å²) in [7, 11) is 0. The van der Waals surface area contributed by atoms with E-state index in [1.54, 1.807) is 0 Å². The first kappa shape index (κ1) is 12.9. The molecular formula is C11H24N2O2. The molecule has 15 heavy (non-hydrogen) atoms. The Hall–Kier alpha value is -0.160. The van der Waals surface area contributed by atoms with Crippen molar-refractivity contribution in [2.75, 3.05) is 39.4 Å². The van der Waals surface area contributed by atoms with Crippen molar-refractivity contribution in [2.24, 2.45) is 5.73 Å². The minimum atomic E-state index is 0.172. The SMILES string of the molecule is CCOC(CN)CN1CCOC(CC)C1. The zero-order chi connectivity index (χ0) is 11.1. The molecule has 0 aliphatic carbocycles. The lowest BCUT2D eigenvalue weighted by molar-refractivity contribution is -0.0491. The van der Waals surface area contributed by atoms with Gasteiger partial charge >= 0.3 is 0 Å². The summed E-state index contributed by atoms with van der Waals surface area (Å²) in [6.45, 7) is 9.30. The van der Waals surface area contributed by atoms with E-state index in [9.17, 15) is 0 Å². The van der Waals surface area contributed by atoms with E-state index in [1.165, 1.54) is 0 Å². The second kappa shape index (κ2) is 7.17. The average molecular weight is 216 g/mol. The van der Waals surface area contributed by atoms with Crippen LogP contribution in [-0.4, -0.2) is 56.5 Å². The van der Waals surface area contributed by atoms with Crippen LogP contribution in [0.2, 0.25) is 0 Å². The third-order valence-corrected chi connectivity index (χ3v) is 2.81. The van der Waals surface area contributed by atoms with Gasteiger partial charge in [0.05, 0.1) is 18.8 Å². The van der Waals surface area contributed by atoms with E-state index >= 15 is 0 Å². The molecule has 1 aliphatic heterocycles. The molecule has 0 aromatic carbocycles. The fraction of sp³-hybridized carbons (Fsp3) is 1.00. The highest BCUT2D eigenvalue weighted by atomic mass is 16.5. The smallest absolute Gasteiger partial charge is 0.0823 e. The largest absolute Gasteiger partial charge is 0.376 e. The van der Waals surface area contributed by atoms with Crippen LogP contribution in [0.1, 0.15) is 20.3 Å². The van der Waals surface area contributed by atoms with E-state index in [0.717, 1.165) is 39.3 Å². The van der Waals surface area contributed by atoms with Crippen LogP contribution in [0.3, 0.4) is 0 Å². The molecule has 1 rings (SSSR count). The molecule has 1 aliphatic rings. The van der Waals surface area contributed by atoms with Crippen molar-refractivity contribution in [1.82, 2.24) is 4.90 Å². The van der Waals surface area contributed by atoms with E-state index in [2.05, 4.69) is 11.8 Å². The van der Waals surface area contributed by atoms with Crippen molar-refractivity contribution in [3.63, 3.8) is 0 Å². The van der Waals surface area contributed by atoms with Gasteiger partial charge in [-0.05, 0) is 13.3 Å². The third-order valence-electron chi connectivity index (χ3n) is 2.81. The van der Waals surface area contributed by atoms with Crippen LogP contribution in [0.25, 0.3) is 0 Å². The molecule has 90 valence electrons. The van der Waals surface area contributed by atoms with Gasteiger partial charge in [0.15, 0.2) is 0 Å². The van der Waals surface area contributed by atoms with E-state index in [1.807, 2.05) is 6.92 Å². The Morgan fingerprint density at radius 1 is 1.53 bits per heavy atom. The molecule has 2 unspecified atom stereocenters. The van der Waals surface area contributed by atoms with Gasteiger partial charge < -0.3 is 15.2 Å². The minimum absolute atomic E-state index is 0.172. The molecule has 0 saturated carbocycles. The fourth-order valence-corrected chi connectivity index (χ4v) is 1.91. The summed E-state index contributed by atoms with van der Waals surface area (Å²) in [4.78, 5) is 2.39. The number of nitrogens with two attached hydrogens (primary N) is 1. The van der Waals surface area contributed by atoms with Gasteiger partial charge in [0, 0.05) is 32.8 Å².